The third kappa shape index (κ3) is 7.04. The largest absolute Gasteiger partial charge is 0.356 e. The predicted octanol–water partition coefficient (Wildman–Crippen LogP) is 1.73. The molecular formula is C20H33N5O. The van der Waals surface area contributed by atoms with Crippen molar-refractivity contribution in [2.75, 3.05) is 26.7 Å². The molecule has 1 aromatic carbocycles. The summed E-state index contributed by atoms with van der Waals surface area (Å²) in [6.45, 7) is 7.88. The van der Waals surface area contributed by atoms with Gasteiger partial charge in [-0.3, -0.25) is 9.79 Å². The Morgan fingerprint density at radius 3 is 2.50 bits per heavy atom. The zero-order chi connectivity index (χ0) is 18.8. The maximum absolute atomic E-state index is 12.0. The molecule has 0 unspecified atom stereocenters. The minimum absolute atomic E-state index is 0.0436. The van der Waals surface area contributed by atoms with Gasteiger partial charge in [-0.25, -0.2) is 0 Å². The van der Waals surface area contributed by atoms with Crippen LogP contribution in [-0.2, 0) is 11.3 Å². The summed E-state index contributed by atoms with van der Waals surface area (Å²) in [6, 6.07) is 11.0. The number of hydrogen-bond donors (Lipinski definition) is 3. The molecule has 0 radical (unpaired) electrons. The first-order valence-electron chi connectivity index (χ1n) is 9.60. The Kier molecular flexibility index (Phi) is 8.41. The number of amides is 1. The number of nitrogens with one attached hydrogen (secondary N) is 3. The molecule has 0 aliphatic carbocycles. The third-order valence-electron chi connectivity index (χ3n) is 4.80. The smallest absolute Gasteiger partial charge is 0.222 e. The lowest BCUT2D eigenvalue weighted by molar-refractivity contribution is -0.121. The van der Waals surface area contributed by atoms with Crippen molar-refractivity contribution in [3.8, 4) is 0 Å². The first kappa shape index (κ1) is 20.2. The highest BCUT2D eigenvalue weighted by Crippen LogP contribution is 2.12. The number of guanidine groups is 1. The van der Waals surface area contributed by atoms with Crippen LogP contribution in [0.5, 0.6) is 0 Å². The molecule has 1 aliphatic heterocycles. The summed E-state index contributed by atoms with van der Waals surface area (Å²) < 4.78 is 0. The Bertz CT molecular complexity index is 565. The molecule has 2 rings (SSSR count). The van der Waals surface area contributed by atoms with Crippen molar-refractivity contribution in [3.63, 3.8) is 0 Å². The highest BCUT2D eigenvalue weighted by atomic mass is 16.1. The zero-order valence-corrected chi connectivity index (χ0v) is 16.3. The second kappa shape index (κ2) is 10.8. The van der Waals surface area contributed by atoms with Crippen molar-refractivity contribution in [1.82, 2.24) is 20.9 Å². The van der Waals surface area contributed by atoms with Crippen LogP contribution in [-0.4, -0.2) is 55.5 Å². The summed E-state index contributed by atoms with van der Waals surface area (Å²) in [7, 11) is 1.77. The summed E-state index contributed by atoms with van der Waals surface area (Å²) in [5.41, 5.74) is 1.11. The summed E-state index contributed by atoms with van der Waals surface area (Å²) in [5.74, 6) is 0.825. The Morgan fingerprint density at radius 1 is 1.19 bits per heavy atom. The van der Waals surface area contributed by atoms with Crippen LogP contribution in [0.2, 0.25) is 0 Å². The number of benzene rings is 1. The summed E-state index contributed by atoms with van der Waals surface area (Å²) in [6.07, 6.45) is 2.67. The fraction of sp³-hybridized carbons (Fsp3) is 0.600. The highest BCUT2D eigenvalue weighted by molar-refractivity contribution is 5.81. The van der Waals surface area contributed by atoms with Gasteiger partial charge in [0.05, 0.1) is 0 Å². The van der Waals surface area contributed by atoms with E-state index in [-0.39, 0.29) is 5.91 Å². The van der Waals surface area contributed by atoms with Crippen LogP contribution in [0.3, 0.4) is 0 Å². The lowest BCUT2D eigenvalue weighted by Gasteiger charge is -2.35. The quantitative estimate of drug-likeness (QED) is 0.512. The molecule has 6 nitrogen and oxygen atoms in total. The van der Waals surface area contributed by atoms with E-state index in [0.29, 0.717) is 31.6 Å². The van der Waals surface area contributed by atoms with Crippen molar-refractivity contribution < 1.29 is 4.79 Å². The molecule has 1 aliphatic rings. The molecule has 1 heterocycles. The van der Waals surface area contributed by atoms with Gasteiger partial charge < -0.3 is 20.9 Å². The monoisotopic (exact) mass is 359 g/mol. The van der Waals surface area contributed by atoms with Gasteiger partial charge in [0.2, 0.25) is 5.91 Å². The Morgan fingerprint density at radius 2 is 1.88 bits per heavy atom. The molecule has 1 saturated heterocycles. The van der Waals surface area contributed by atoms with Crippen LogP contribution < -0.4 is 16.0 Å². The lowest BCUT2D eigenvalue weighted by atomic mass is 10.0. The van der Waals surface area contributed by atoms with Gasteiger partial charge in [0.1, 0.15) is 0 Å². The average molecular weight is 360 g/mol. The maximum Gasteiger partial charge on any atom is 0.222 e. The Hall–Kier alpha value is -2.08. The van der Waals surface area contributed by atoms with Gasteiger partial charge in [-0.2, -0.15) is 0 Å². The van der Waals surface area contributed by atoms with Gasteiger partial charge in [0.15, 0.2) is 5.96 Å². The molecule has 1 aromatic rings. The summed E-state index contributed by atoms with van der Waals surface area (Å²) >= 11 is 0. The zero-order valence-electron chi connectivity index (χ0n) is 16.3. The number of nitrogens with zero attached hydrogens (tertiary/aromatic N) is 2. The molecule has 1 fully saturated rings. The van der Waals surface area contributed by atoms with Gasteiger partial charge in [-0.05, 0) is 32.3 Å². The Labute approximate surface area is 157 Å². The van der Waals surface area contributed by atoms with Crippen molar-refractivity contribution >= 4 is 11.9 Å². The molecule has 1 amide bonds. The second-order valence-corrected chi connectivity index (χ2v) is 7.06. The van der Waals surface area contributed by atoms with Crippen LogP contribution in [0.25, 0.3) is 0 Å². The first-order valence-corrected chi connectivity index (χ1v) is 9.60. The van der Waals surface area contributed by atoms with Crippen molar-refractivity contribution in [2.45, 2.75) is 51.7 Å². The molecule has 0 spiro atoms. The van der Waals surface area contributed by atoms with Gasteiger partial charge in [-0.15, -0.1) is 0 Å². The van der Waals surface area contributed by atoms with E-state index in [0.717, 1.165) is 37.5 Å². The van der Waals surface area contributed by atoms with E-state index in [1.807, 2.05) is 30.3 Å². The van der Waals surface area contributed by atoms with Crippen LogP contribution in [0, 0.1) is 0 Å². The summed E-state index contributed by atoms with van der Waals surface area (Å²) in [4.78, 5) is 18.7. The highest BCUT2D eigenvalue weighted by Gasteiger charge is 2.21. The summed E-state index contributed by atoms with van der Waals surface area (Å²) in [5, 5.41) is 9.66. The van der Waals surface area contributed by atoms with Crippen molar-refractivity contribution in [1.29, 1.82) is 0 Å². The Balaban J connectivity index is 1.62. The minimum atomic E-state index is 0.0436. The van der Waals surface area contributed by atoms with E-state index < -0.39 is 0 Å². The number of carbonyl (C=O) groups is 1. The van der Waals surface area contributed by atoms with E-state index in [2.05, 4.69) is 39.7 Å². The third-order valence-corrected chi connectivity index (χ3v) is 4.80. The van der Waals surface area contributed by atoms with E-state index in [1.54, 1.807) is 7.05 Å². The number of hydrogen-bond acceptors (Lipinski definition) is 3. The number of carbonyl (C=O) groups excluding carboxylic acids is 1. The minimum Gasteiger partial charge on any atom is -0.356 e. The fourth-order valence-electron chi connectivity index (χ4n) is 3.13. The molecule has 0 saturated carbocycles. The normalized spacial score (nSPS) is 16.5. The lowest BCUT2D eigenvalue weighted by Crippen LogP contribution is -2.50. The first-order chi connectivity index (χ1) is 12.6. The second-order valence-electron chi connectivity index (χ2n) is 7.06. The molecule has 3 N–H and O–H groups in total. The van der Waals surface area contributed by atoms with E-state index in [1.165, 1.54) is 0 Å². The van der Waals surface area contributed by atoms with Gasteiger partial charge in [0, 0.05) is 51.7 Å². The molecular weight excluding hydrogens is 326 g/mol. The van der Waals surface area contributed by atoms with Crippen LogP contribution in [0.15, 0.2) is 35.3 Å². The maximum atomic E-state index is 12.0. The van der Waals surface area contributed by atoms with Gasteiger partial charge >= 0.3 is 0 Å². The van der Waals surface area contributed by atoms with Gasteiger partial charge in [-0.1, -0.05) is 30.3 Å². The molecule has 6 heteroatoms. The van der Waals surface area contributed by atoms with Crippen LogP contribution in [0.4, 0.5) is 0 Å². The van der Waals surface area contributed by atoms with Crippen LogP contribution in [0.1, 0.15) is 38.7 Å². The fourth-order valence-corrected chi connectivity index (χ4v) is 3.13. The molecule has 26 heavy (non-hydrogen) atoms. The van der Waals surface area contributed by atoms with E-state index >= 15 is 0 Å². The number of aliphatic imine (C=N–C) groups is 1. The predicted molar refractivity (Wildman–Crippen MR) is 107 cm³/mol. The number of likely N-dealkylation sites (tertiary alicyclic amines) is 1. The van der Waals surface area contributed by atoms with E-state index in [9.17, 15) is 4.79 Å². The van der Waals surface area contributed by atoms with Crippen molar-refractivity contribution in [2.24, 2.45) is 4.99 Å². The molecule has 0 bridgehead atoms. The van der Waals surface area contributed by atoms with E-state index in [4.69, 9.17) is 0 Å². The van der Waals surface area contributed by atoms with Gasteiger partial charge in [0.25, 0.3) is 0 Å². The molecule has 0 atom stereocenters. The van der Waals surface area contributed by atoms with Crippen molar-refractivity contribution in [3.05, 3.63) is 35.9 Å². The topological polar surface area (TPSA) is 68.8 Å². The number of rotatable bonds is 7. The molecule has 0 aromatic heterocycles. The standard InChI is InChI=1S/C20H33N5O/c1-16(2)25-13-10-18(11-14-25)24-20(21-3)22-12-9-19(26)23-15-17-7-5-4-6-8-17/h4-8,16,18H,9-15H2,1-3H3,(H,23,26)(H2,21,22,24). The van der Waals surface area contributed by atoms with Crippen LogP contribution >= 0.6 is 0 Å². The number of piperidine rings is 1. The average Bonchev–Trinajstić information content (AvgIpc) is 2.66. The SMILES string of the molecule is CN=C(NCCC(=O)NCc1ccccc1)NC1CCN(C(C)C)CC1. The molecule has 144 valence electrons.